The summed E-state index contributed by atoms with van der Waals surface area (Å²) < 4.78 is 27.5. The van der Waals surface area contributed by atoms with Crippen molar-refractivity contribution in [2.75, 3.05) is 0 Å². The number of imidazole rings is 1. The van der Waals surface area contributed by atoms with Crippen LogP contribution in [0.2, 0.25) is 0 Å². The number of carbonyl (C=O) groups is 1. The number of hydrogen-bond acceptors (Lipinski definition) is 4. The van der Waals surface area contributed by atoms with Gasteiger partial charge < -0.3 is 10.3 Å². The first kappa shape index (κ1) is 18.2. The first-order valence-electron chi connectivity index (χ1n) is 7.77. The molecular weight excluding hydrogens is 326 g/mol. The van der Waals surface area contributed by atoms with Gasteiger partial charge >= 0.3 is 0 Å². The summed E-state index contributed by atoms with van der Waals surface area (Å²) in [5.41, 5.74) is 7.62. The summed E-state index contributed by atoms with van der Waals surface area (Å²) in [5.74, 6) is -0.506. The van der Waals surface area contributed by atoms with Gasteiger partial charge in [-0.3, -0.25) is 4.79 Å². The minimum atomic E-state index is -3.63. The molecule has 0 atom stereocenters. The van der Waals surface area contributed by atoms with Crippen molar-refractivity contribution in [2.45, 2.75) is 45.1 Å². The third-order valence-corrected chi connectivity index (χ3v) is 5.40. The van der Waals surface area contributed by atoms with E-state index in [0.717, 1.165) is 5.69 Å². The average molecular weight is 349 g/mol. The van der Waals surface area contributed by atoms with Crippen molar-refractivity contribution in [3.05, 3.63) is 46.8 Å². The number of aryl methyl sites for hydroxylation is 1. The number of aromatic nitrogens is 2. The van der Waals surface area contributed by atoms with Gasteiger partial charge in [-0.15, -0.1) is 0 Å². The Bertz CT molecular complexity index is 867. The first-order valence-corrected chi connectivity index (χ1v) is 9.42. The fraction of sp³-hybridized carbons (Fsp3) is 0.412. The van der Waals surface area contributed by atoms with Gasteiger partial charge in [-0.25, -0.2) is 13.4 Å². The normalized spacial score (nSPS) is 11.9. The largest absolute Gasteiger partial charge is 0.366 e. The standard InChI is InChI=1S/C17H23N3O3S/c1-11(2)9-20-13(4)12(3)19-17(20)24(22,23)10-14-6-5-7-15(8-14)16(18)21/h5-8,11H,9-10H2,1-4H3,(H2,18,21). The molecule has 1 aromatic carbocycles. The smallest absolute Gasteiger partial charge is 0.248 e. The highest BCUT2D eigenvalue weighted by Gasteiger charge is 2.25. The average Bonchev–Trinajstić information content (AvgIpc) is 2.75. The summed E-state index contributed by atoms with van der Waals surface area (Å²) in [6.45, 7) is 8.32. The number of nitrogens with zero attached hydrogens (tertiary/aromatic N) is 2. The van der Waals surface area contributed by atoms with E-state index >= 15 is 0 Å². The molecule has 2 aromatic rings. The lowest BCUT2D eigenvalue weighted by Gasteiger charge is -2.13. The van der Waals surface area contributed by atoms with Crippen LogP contribution in [0.1, 0.15) is 41.2 Å². The van der Waals surface area contributed by atoms with Crippen molar-refractivity contribution in [2.24, 2.45) is 11.7 Å². The molecule has 1 aromatic heterocycles. The van der Waals surface area contributed by atoms with Crippen LogP contribution in [-0.4, -0.2) is 23.9 Å². The topological polar surface area (TPSA) is 95.1 Å². The molecule has 2 N–H and O–H groups in total. The van der Waals surface area contributed by atoms with Crippen LogP contribution in [0.25, 0.3) is 0 Å². The number of benzene rings is 1. The van der Waals surface area contributed by atoms with Crippen molar-refractivity contribution < 1.29 is 13.2 Å². The van der Waals surface area contributed by atoms with Gasteiger partial charge in [0.05, 0.1) is 11.4 Å². The van der Waals surface area contributed by atoms with Gasteiger partial charge in [0.2, 0.25) is 20.9 Å². The highest BCUT2D eigenvalue weighted by molar-refractivity contribution is 7.90. The van der Waals surface area contributed by atoms with Crippen LogP contribution in [0.15, 0.2) is 29.4 Å². The maximum absolute atomic E-state index is 12.9. The lowest BCUT2D eigenvalue weighted by molar-refractivity contribution is 0.1000. The van der Waals surface area contributed by atoms with Crippen molar-refractivity contribution in [3.8, 4) is 0 Å². The van der Waals surface area contributed by atoms with E-state index in [1.165, 1.54) is 6.07 Å². The molecule has 0 unspecified atom stereocenters. The third-order valence-electron chi connectivity index (χ3n) is 3.82. The van der Waals surface area contributed by atoms with Crippen molar-refractivity contribution in [1.29, 1.82) is 0 Å². The lowest BCUT2D eigenvalue weighted by Crippen LogP contribution is -2.17. The van der Waals surface area contributed by atoms with Crippen LogP contribution in [0, 0.1) is 19.8 Å². The second-order valence-corrected chi connectivity index (χ2v) is 8.28. The molecule has 1 amide bonds. The molecule has 0 fully saturated rings. The highest BCUT2D eigenvalue weighted by atomic mass is 32.2. The molecule has 0 aliphatic rings. The van der Waals surface area contributed by atoms with Crippen LogP contribution < -0.4 is 5.73 Å². The maximum atomic E-state index is 12.9. The Hall–Kier alpha value is -2.15. The summed E-state index contributed by atoms with van der Waals surface area (Å²) in [7, 11) is -3.63. The summed E-state index contributed by atoms with van der Waals surface area (Å²) in [6.07, 6.45) is 0. The Morgan fingerprint density at radius 3 is 2.54 bits per heavy atom. The number of rotatable bonds is 6. The molecule has 0 bridgehead atoms. The lowest BCUT2D eigenvalue weighted by atomic mass is 10.1. The molecular formula is C17H23N3O3S. The van der Waals surface area contributed by atoms with Crippen LogP contribution in [0.4, 0.5) is 0 Å². The van der Waals surface area contributed by atoms with E-state index < -0.39 is 15.7 Å². The minimum absolute atomic E-state index is 0.0793. The van der Waals surface area contributed by atoms with Crippen molar-refractivity contribution in [3.63, 3.8) is 0 Å². The Labute approximate surface area is 142 Å². The zero-order valence-electron chi connectivity index (χ0n) is 14.4. The van der Waals surface area contributed by atoms with Gasteiger partial charge in [0.1, 0.15) is 0 Å². The van der Waals surface area contributed by atoms with Crippen LogP contribution >= 0.6 is 0 Å². The minimum Gasteiger partial charge on any atom is -0.366 e. The van der Waals surface area contributed by atoms with Gasteiger partial charge in [-0.05, 0) is 37.5 Å². The van der Waals surface area contributed by atoms with E-state index in [0.29, 0.717) is 29.3 Å². The molecule has 24 heavy (non-hydrogen) atoms. The van der Waals surface area contributed by atoms with Gasteiger partial charge in [0.25, 0.3) is 0 Å². The monoisotopic (exact) mass is 349 g/mol. The van der Waals surface area contributed by atoms with Crippen molar-refractivity contribution in [1.82, 2.24) is 9.55 Å². The summed E-state index contributed by atoms with van der Waals surface area (Å²) in [5, 5.41) is 0.0793. The molecule has 0 aliphatic carbocycles. The molecule has 2 rings (SSSR count). The van der Waals surface area contributed by atoms with Gasteiger partial charge in [-0.1, -0.05) is 26.0 Å². The Morgan fingerprint density at radius 2 is 1.96 bits per heavy atom. The van der Waals surface area contributed by atoms with Gasteiger partial charge in [-0.2, -0.15) is 0 Å². The third kappa shape index (κ3) is 3.84. The predicted molar refractivity (Wildman–Crippen MR) is 92.4 cm³/mol. The second-order valence-electron chi connectivity index (χ2n) is 6.39. The molecule has 6 nitrogen and oxygen atoms in total. The van der Waals surface area contributed by atoms with E-state index in [9.17, 15) is 13.2 Å². The van der Waals surface area contributed by atoms with Crippen molar-refractivity contribution >= 4 is 15.7 Å². The fourth-order valence-electron chi connectivity index (χ4n) is 2.54. The molecule has 0 radical (unpaired) electrons. The molecule has 0 spiro atoms. The number of sulfone groups is 1. The zero-order valence-corrected chi connectivity index (χ0v) is 15.2. The van der Waals surface area contributed by atoms with E-state index in [4.69, 9.17) is 5.73 Å². The Kier molecular flexibility index (Phi) is 5.13. The molecule has 130 valence electrons. The number of primary amides is 1. The Balaban J connectivity index is 2.43. The molecule has 0 aliphatic heterocycles. The second kappa shape index (κ2) is 6.76. The van der Waals surface area contributed by atoms with Crippen LogP contribution in [-0.2, 0) is 22.1 Å². The predicted octanol–water partition coefficient (Wildman–Crippen LogP) is 2.23. The van der Waals surface area contributed by atoms with E-state index in [1.807, 2.05) is 20.8 Å². The van der Waals surface area contributed by atoms with E-state index in [1.54, 1.807) is 29.7 Å². The number of carbonyl (C=O) groups excluding carboxylic acids is 1. The zero-order chi connectivity index (χ0) is 18.1. The molecule has 1 heterocycles. The molecule has 0 saturated carbocycles. The SMILES string of the molecule is Cc1nc(S(=O)(=O)Cc2cccc(C(N)=O)c2)n(CC(C)C)c1C. The quantitative estimate of drug-likeness (QED) is 0.865. The summed E-state index contributed by atoms with van der Waals surface area (Å²) in [4.78, 5) is 15.5. The van der Waals surface area contributed by atoms with Gasteiger partial charge in [0.15, 0.2) is 0 Å². The summed E-state index contributed by atoms with van der Waals surface area (Å²) in [6, 6.07) is 6.36. The van der Waals surface area contributed by atoms with Crippen LogP contribution in [0.5, 0.6) is 0 Å². The molecule has 7 heteroatoms. The van der Waals surface area contributed by atoms with E-state index in [2.05, 4.69) is 4.98 Å². The number of amides is 1. The van der Waals surface area contributed by atoms with Gasteiger partial charge in [0, 0.05) is 17.8 Å². The number of hydrogen-bond donors (Lipinski definition) is 1. The Morgan fingerprint density at radius 1 is 1.29 bits per heavy atom. The maximum Gasteiger partial charge on any atom is 0.248 e. The summed E-state index contributed by atoms with van der Waals surface area (Å²) >= 11 is 0. The highest BCUT2D eigenvalue weighted by Crippen LogP contribution is 2.21. The fourth-order valence-corrected chi connectivity index (χ4v) is 4.11. The van der Waals surface area contributed by atoms with Crippen LogP contribution in [0.3, 0.4) is 0 Å². The molecule has 0 saturated heterocycles. The van der Waals surface area contributed by atoms with E-state index in [-0.39, 0.29) is 10.9 Å². The first-order chi connectivity index (χ1) is 11.1. The number of nitrogens with two attached hydrogens (primary N) is 1.